The molecule has 0 saturated heterocycles. The highest BCUT2D eigenvalue weighted by atomic mass is 19.3. The van der Waals surface area contributed by atoms with Crippen molar-refractivity contribution in [1.82, 2.24) is 0 Å². The second-order valence-corrected chi connectivity index (χ2v) is 3.03. The van der Waals surface area contributed by atoms with E-state index in [0.29, 0.717) is 0 Å². The zero-order valence-electron chi connectivity index (χ0n) is 8.15. The van der Waals surface area contributed by atoms with Gasteiger partial charge in [-0.1, -0.05) is 13.8 Å². The summed E-state index contributed by atoms with van der Waals surface area (Å²) in [5.74, 6) is -3.33. The largest absolute Gasteiger partial charge is 0.369 e. The normalized spacial score (nSPS) is 21.5. The fourth-order valence-corrected chi connectivity index (χ4v) is 1.32. The Balaban J connectivity index is 0.000000671. The topological polar surface area (TPSA) is 43.1 Å². The number of nitrogens with two attached hydrogens (primary N) is 1. The van der Waals surface area contributed by atoms with Gasteiger partial charge in [0.25, 0.3) is 0 Å². The molecule has 0 heterocycles. The highest BCUT2D eigenvalue weighted by Crippen LogP contribution is 2.35. The minimum atomic E-state index is -2.56. The minimum absolute atomic E-state index is 0.194. The van der Waals surface area contributed by atoms with Gasteiger partial charge in [0.1, 0.15) is 0 Å². The standard InChI is InChI=1S/C7H11F2NO.C2H6/c8-7(9)3-1-5(2-4-7)6(10)11;1-2/h5H,1-4H2,(H2,10,11);1-2H3. The van der Waals surface area contributed by atoms with E-state index in [1.807, 2.05) is 13.8 Å². The number of alkyl halides is 2. The molecule has 1 aliphatic rings. The van der Waals surface area contributed by atoms with Crippen molar-refractivity contribution < 1.29 is 13.6 Å². The number of amides is 1. The number of hydrogen-bond acceptors (Lipinski definition) is 1. The van der Waals surface area contributed by atoms with Crippen molar-refractivity contribution in [3.63, 3.8) is 0 Å². The fraction of sp³-hybridized carbons (Fsp3) is 0.889. The lowest BCUT2D eigenvalue weighted by Crippen LogP contribution is -2.32. The summed E-state index contributed by atoms with van der Waals surface area (Å²) in [7, 11) is 0. The highest BCUT2D eigenvalue weighted by Gasteiger charge is 2.36. The third-order valence-corrected chi connectivity index (χ3v) is 2.12. The summed E-state index contributed by atoms with van der Waals surface area (Å²) in [6.45, 7) is 4.00. The van der Waals surface area contributed by atoms with Gasteiger partial charge in [0.2, 0.25) is 11.8 Å². The molecule has 13 heavy (non-hydrogen) atoms. The lowest BCUT2D eigenvalue weighted by molar-refractivity contribution is -0.125. The highest BCUT2D eigenvalue weighted by molar-refractivity contribution is 5.76. The van der Waals surface area contributed by atoms with Gasteiger partial charge in [-0.05, 0) is 12.8 Å². The van der Waals surface area contributed by atoms with Crippen molar-refractivity contribution >= 4 is 5.91 Å². The second kappa shape index (κ2) is 5.14. The van der Waals surface area contributed by atoms with Crippen LogP contribution in [0, 0.1) is 5.92 Å². The molecule has 78 valence electrons. The van der Waals surface area contributed by atoms with Crippen LogP contribution in [0.5, 0.6) is 0 Å². The van der Waals surface area contributed by atoms with Crippen molar-refractivity contribution in [3.05, 3.63) is 0 Å². The molecule has 1 fully saturated rings. The molecule has 1 saturated carbocycles. The van der Waals surface area contributed by atoms with Crippen molar-refractivity contribution in [2.75, 3.05) is 0 Å². The Hall–Kier alpha value is -0.670. The SMILES string of the molecule is CC.NC(=O)C1CCC(F)(F)CC1. The van der Waals surface area contributed by atoms with E-state index in [4.69, 9.17) is 5.73 Å². The first-order chi connectivity index (χ1) is 6.01. The van der Waals surface area contributed by atoms with Gasteiger partial charge >= 0.3 is 0 Å². The van der Waals surface area contributed by atoms with Gasteiger partial charge in [-0.15, -0.1) is 0 Å². The van der Waals surface area contributed by atoms with E-state index >= 15 is 0 Å². The number of carbonyl (C=O) groups excluding carboxylic acids is 1. The minimum Gasteiger partial charge on any atom is -0.369 e. The predicted octanol–water partition coefficient (Wildman–Crippen LogP) is 2.32. The summed E-state index contributed by atoms with van der Waals surface area (Å²) in [6.07, 6.45) is 0.0892. The van der Waals surface area contributed by atoms with Crippen molar-refractivity contribution in [2.24, 2.45) is 11.7 Å². The monoisotopic (exact) mass is 193 g/mol. The first kappa shape index (κ1) is 12.3. The molecule has 0 radical (unpaired) electrons. The molecule has 4 heteroatoms. The molecule has 1 amide bonds. The van der Waals surface area contributed by atoms with Gasteiger partial charge < -0.3 is 5.73 Å². The van der Waals surface area contributed by atoms with Crippen LogP contribution in [-0.2, 0) is 4.79 Å². The molecule has 0 unspecified atom stereocenters. The molecular weight excluding hydrogens is 176 g/mol. The lowest BCUT2D eigenvalue weighted by atomic mass is 9.86. The zero-order valence-corrected chi connectivity index (χ0v) is 8.15. The van der Waals surface area contributed by atoms with Crippen LogP contribution in [0.15, 0.2) is 0 Å². The molecule has 2 N–H and O–H groups in total. The fourth-order valence-electron chi connectivity index (χ4n) is 1.32. The summed E-state index contributed by atoms with van der Waals surface area (Å²) >= 11 is 0. The lowest BCUT2D eigenvalue weighted by Gasteiger charge is -2.25. The van der Waals surface area contributed by atoms with Crippen molar-refractivity contribution in [1.29, 1.82) is 0 Å². The Morgan fingerprint density at radius 1 is 1.31 bits per heavy atom. The van der Waals surface area contributed by atoms with Crippen LogP contribution in [0.3, 0.4) is 0 Å². The van der Waals surface area contributed by atoms with Crippen LogP contribution in [0.2, 0.25) is 0 Å². The maximum Gasteiger partial charge on any atom is 0.248 e. The molecule has 1 aliphatic carbocycles. The third kappa shape index (κ3) is 4.20. The predicted molar refractivity (Wildman–Crippen MR) is 47.4 cm³/mol. The van der Waals surface area contributed by atoms with E-state index < -0.39 is 11.8 Å². The smallest absolute Gasteiger partial charge is 0.248 e. The third-order valence-electron chi connectivity index (χ3n) is 2.12. The summed E-state index contributed by atoms with van der Waals surface area (Å²) in [5, 5.41) is 0. The van der Waals surface area contributed by atoms with E-state index in [1.165, 1.54) is 0 Å². The Morgan fingerprint density at radius 3 is 2.00 bits per heavy atom. The molecule has 0 aromatic rings. The average Bonchev–Trinajstić information content (AvgIpc) is 2.07. The van der Waals surface area contributed by atoms with Crippen molar-refractivity contribution in [3.8, 4) is 0 Å². The van der Waals surface area contributed by atoms with Crippen LogP contribution < -0.4 is 5.73 Å². The Morgan fingerprint density at radius 2 is 1.69 bits per heavy atom. The van der Waals surface area contributed by atoms with E-state index in [9.17, 15) is 13.6 Å². The molecule has 1 rings (SSSR count). The quantitative estimate of drug-likeness (QED) is 0.682. The summed E-state index contributed by atoms with van der Waals surface area (Å²) in [6, 6.07) is 0. The molecule has 0 bridgehead atoms. The van der Waals surface area contributed by atoms with Crippen LogP contribution in [0.1, 0.15) is 39.5 Å². The Kier molecular flexibility index (Phi) is 4.88. The van der Waals surface area contributed by atoms with Gasteiger partial charge in [0.15, 0.2) is 0 Å². The molecule has 0 atom stereocenters. The molecule has 0 spiro atoms. The number of primary amides is 1. The average molecular weight is 193 g/mol. The van der Waals surface area contributed by atoms with Crippen molar-refractivity contribution in [2.45, 2.75) is 45.5 Å². The molecule has 0 aliphatic heterocycles. The van der Waals surface area contributed by atoms with E-state index in [-0.39, 0.29) is 31.6 Å². The number of carbonyl (C=O) groups is 1. The summed E-state index contributed by atoms with van der Waals surface area (Å²) in [5.41, 5.74) is 4.97. The maximum atomic E-state index is 12.5. The molecular formula is C9H17F2NO. The van der Waals surface area contributed by atoms with Crippen LogP contribution >= 0.6 is 0 Å². The first-order valence-electron chi connectivity index (χ1n) is 4.68. The second-order valence-electron chi connectivity index (χ2n) is 3.03. The summed E-state index contributed by atoms with van der Waals surface area (Å²) < 4.78 is 25.0. The van der Waals surface area contributed by atoms with Gasteiger partial charge in [0.05, 0.1) is 0 Å². The van der Waals surface area contributed by atoms with Crippen LogP contribution in [0.25, 0.3) is 0 Å². The number of halogens is 2. The number of hydrogen-bond donors (Lipinski definition) is 1. The Bertz CT molecular complexity index is 161. The maximum absolute atomic E-state index is 12.5. The first-order valence-corrected chi connectivity index (χ1v) is 4.68. The Labute approximate surface area is 77.5 Å². The number of rotatable bonds is 1. The van der Waals surface area contributed by atoms with E-state index in [1.54, 1.807) is 0 Å². The van der Waals surface area contributed by atoms with Gasteiger partial charge in [-0.2, -0.15) is 0 Å². The molecule has 0 aromatic heterocycles. The van der Waals surface area contributed by atoms with Gasteiger partial charge in [-0.25, -0.2) is 8.78 Å². The summed E-state index contributed by atoms with van der Waals surface area (Å²) in [4.78, 5) is 10.5. The van der Waals surface area contributed by atoms with Crippen LogP contribution in [0.4, 0.5) is 8.78 Å². The molecule has 2 nitrogen and oxygen atoms in total. The van der Waals surface area contributed by atoms with Gasteiger partial charge in [0, 0.05) is 18.8 Å². The van der Waals surface area contributed by atoms with E-state index in [2.05, 4.69) is 0 Å². The van der Waals surface area contributed by atoms with E-state index in [0.717, 1.165) is 0 Å². The van der Waals surface area contributed by atoms with Crippen LogP contribution in [-0.4, -0.2) is 11.8 Å². The zero-order chi connectivity index (χ0) is 10.5. The van der Waals surface area contributed by atoms with Gasteiger partial charge in [-0.3, -0.25) is 4.79 Å². The molecule has 0 aromatic carbocycles.